The van der Waals surface area contributed by atoms with Gasteiger partial charge in [0.15, 0.2) is 5.75 Å². The van der Waals surface area contributed by atoms with Crippen LogP contribution in [-0.2, 0) is 11.3 Å². The van der Waals surface area contributed by atoms with E-state index in [1.54, 1.807) is 25.3 Å². The van der Waals surface area contributed by atoms with E-state index in [2.05, 4.69) is 31.0 Å². The molecule has 112 valence electrons. The van der Waals surface area contributed by atoms with E-state index >= 15 is 0 Å². The number of hydrogen-bond donors (Lipinski definition) is 2. The van der Waals surface area contributed by atoms with Crippen molar-refractivity contribution in [3.05, 3.63) is 45.1 Å². The van der Waals surface area contributed by atoms with Crippen LogP contribution >= 0.6 is 27.5 Å². The van der Waals surface area contributed by atoms with Crippen molar-refractivity contribution in [3.8, 4) is 5.75 Å². The second-order valence-corrected chi connectivity index (χ2v) is 5.50. The van der Waals surface area contributed by atoms with Crippen LogP contribution in [0.2, 0.25) is 5.02 Å². The van der Waals surface area contributed by atoms with Crippen LogP contribution in [0.1, 0.15) is 16.2 Å². The minimum atomic E-state index is -0.399. The predicted octanol–water partition coefficient (Wildman–Crippen LogP) is 3.84. The predicted molar refractivity (Wildman–Crippen MR) is 85.2 cm³/mol. The van der Waals surface area contributed by atoms with Gasteiger partial charge < -0.3 is 19.8 Å². The number of ether oxygens (including phenoxy) is 2. The lowest BCUT2D eigenvalue weighted by Crippen LogP contribution is -2.04. The van der Waals surface area contributed by atoms with Gasteiger partial charge in [-0.3, -0.25) is 0 Å². The van der Waals surface area contributed by atoms with E-state index in [1.165, 1.54) is 7.11 Å². The number of halogens is 2. The third kappa shape index (κ3) is 3.71. The molecule has 21 heavy (non-hydrogen) atoms. The molecule has 0 radical (unpaired) electrons. The van der Waals surface area contributed by atoms with E-state index in [4.69, 9.17) is 16.3 Å². The summed E-state index contributed by atoms with van der Waals surface area (Å²) in [5, 5.41) is 3.80. The molecule has 0 aliphatic rings. The molecular formula is C14H14BrClN2O3. The highest BCUT2D eigenvalue weighted by atomic mass is 79.9. The Kier molecular flexibility index (Phi) is 5.14. The zero-order valence-corrected chi connectivity index (χ0v) is 13.8. The number of methoxy groups -OCH3 is 2. The maximum Gasteiger partial charge on any atom is 0.354 e. The zero-order chi connectivity index (χ0) is 15.4. The summed E-state index contributed by atoms with van der Waals surface area (Å²) >= 11 is 9.43. The van der Waals surface area contributed by atoms with Crippen LogP contribution in [0.15, 0.2) is 28.7 Å². The summed E-state index contributed by atoms with van der Waals surface area (Å²) in [7, 11) is 2.93. The first-order valence-electron chi connectivity index (χ1n) is 6.08. The van der Waals surface area contributed by atoms with Crippen molar-refractivity contribution >= 4 is 39.2 Å². The first-order chi connectivity index (χ1) is 10.0. The molecule has 7 heteroatoms. The van der Waals surface area contributed by atoms with Crippen molar-refractivity contribution in [1.82, 2.24) is 4.98 Å². The van der Waals surface area contributed by atoms with E-state index in [0.717, 1.165) is 15.9 Å². The van der Waals surface area contributed by atoms with Crippen molar-refractivity contribution in [2.75, 3.05) is 19.5 Å². The number of aromatic nitrogens is 1. The number of benzene rings is 1. The highest BCUT2D eigenvalue weighted by Gasteiger charge is 2.11. The molecule has 0 atom stereocenters. The van der Waals surface area contributed by atoms with Crippen molar-refractivity contribution < 1.29 is 14.3 Å². The number of aromatic amines is 1. The average molecular weight is 374 g/mol. The molecule has 2 aromatic rings. The Morgan fingerprint density at radius 2 is 2.14 bits per heavy atom. The van der Waals surface area contributed by atoms with Gasteiger partial charge in [-0.15, -0.1) is 0 Å². The molecule has 0 aliphatic carbocycles. The zero-order valence-electron chi connectivity index (χ0n) is 11.5. The smallest absolute Gasteiger partial charge is 0.354 e. The van der Waals surface area contributed by atoms with Gasteiger partial charge in [0.05, 0.1) is 30.9 Å². The van der Waals surface area contributed by atoms with Gasteiger partial charge in [0.25, 0.3) is 0 Å². The standard InChI is InChI=1S/C14H14BrClN2O3/c1-20-13-10(15)5-8(16)6-12(13)17-7-9-3-4-11(18-9)14(19)21-2/h3-6,17-18H,7H2,1-2H3. The Bertz CT molecular complexity index is 658. The molecule has 2 rings (SSSR count). The molecule has 0 saturated carbocycles. The summed E-state index contributed by atoms with van der Waals surface area (Å²) in [5.41, 5.74) is 2.01. The molecule has 1 aromatic carbocycles. The van der Waals surface area contributed by atoms with Gasteiger partial charge in [-0.25, -0.2) is 4.79 Å². The topological polar surface area (TPSA) is 63.4 Å². The van der Waals surface area contributed by atoms with Gasteiger partial charge >= 0.3 is 5.97 Å². The number of rotatable bonds is 5. The van der Waals surface area contributed by atoms with E-state index in [0.29, 0.717) is 23.0 Å². The van der Waals surface area contributed by atoms with E-state index < -0.39 is 5.97 Å². The number of carbonyl (C=O) groups excluding carboxylic acids is 1. The van der Waals surface area contributed by atoms with E-state index in [9.17, 15) is 4.79 Å². The van der Waals surface area contributed by atoms with Crippen molar-refractivity contribution in [2.24, 2.45) is 0 Å². The Morgan fingerprint density at radius 3 is 2.81 bits per heavy atom. The lowest BCUT2D eigenvalue weighted by molar-refractivity contribution is 0.0594. The van der Waals surface area contributed by atoms with E-state index in [-0.39, 0.29) is 0 Å². The molecule has 0 amide bonds. The molecule has 5 nitrogen and oxygen atoms in total. The fourth-order valence-corrected chi connectivity index (χ4v) is 2.83. The van der Waals surface area contributed by atoms with Crippen LogP contribution in [0, 0.1) is 0 Å². The lowest BCUT2D eigenvalue weighted by atomic mass is 10.3. The molecule has 2 N–H and O–H groups in total. The van der Waals surface area contributed by atoms with Gasteiger partial charge in [0.1, 0.15) is 5.69 Å². The largest absolute Gasteiger partial charge is 0.493 e. The third-order valence-corrected chi connectivity index (χ3v) is 3.64. The monoisotopic (exact) mass is 372 g/mol. The Labute approximate surface area is 135 Å². The Hall–Kier alpha value is -1.66. The van der Waals surface area contributed by atoms with Crippen LogP contribution in [0.25, 0.3) is 0 Å². The second-order valence-electron chi connectivity index (χ2n) is 4.21. The van der Waals surface area contributed by atoms with Gasteiger partial charge in [-0.05, 0) is 40.2 Å². The molecule has 1 heterocycles. The fourth-order valence-electron chi connectivity index (χ4n) is 1.86. The van der Waals surface area contributed by atoms with Crippen molar-refractivity contribution in [3.63, 3.8) is 0 Å². The summed E-state index contributed by atoms with van der Waals surface area (Å²) in [6, 6.07) is 7.02. The summed E-state index contributed by atoms with van der Waals surface area (Å²) in [5.74, 6) is 0.267. The number of H-pyrrole nitrogens is 1. The Morgan fingerprint density at radius 1 is 1.38 bits per heavy atom. The summed E-state index contributed by atoms with van der Waals surface area (Å²) in [6.45, 7) is 0.486. The lowest BCUT2D eigenvalue weighted by Gasteiger charge is -2.12. The normalized spacial score (nSPS) is 10.3. The number of carbonyl (C=O) groups is 1. The first-order valence-corrected chi connectivity index (χ1v) is 7.25. The second kappa shape index (κ2) is 6.87. The first kappa shape index (κ1) is 15.7. The molecular weight excluding hydrogens is 360 g/mol. The maximum atomic E-state index is 11.4. The quantitative estimate of drug-likeness (QED) is 0.782. The number of esters is 1. The van der Waals surface area contributed by atoms with Crippen LogP contribution in [-0.4, -0.2) is 25.2 Å². The minimum Gasteiger partial charge on any atom is -0.493 e. The van der Waals surface area contributed by atoms with E-state index in [1.807, 2.05) is 6.07 Å². The molecule has 1 aromatic heterocycles. The average Bonchev–Trinajstić information content (AvgIpc) is 2.92. The number of nitrogens with one attached hydrogen (secondary N) is 2. The number of anilines is 1. The molecule has 0 bridgehead atoms. The SMILES string of the molecule is COC(=O)c1ccc(CNc2cc(Cl)cc(Br)c2OC)[nH]1. The minimum absolute atomic E-state index is 0.399. The van der Waals surface area contributed by atoms with Crippen molar-refractivity contribution in [2.45, 2.75) is 6.54 Å². The maximum absolute atomic E-state index is 11.4. The van der Waals surface area contributed by atoms with Gasteiger partial charge in [-0.2, -0.15) is 0 Å². The summed E-state index contributed by atoms with van der Waals surface area (Å²) in [6.07, 6.45) is 0. The third-order valence-electron chi connectivity index (χ3n) is 2.83. The highest BCUT2D eigenvalue weighted by molar-refractivity contribution is 9.10. The molecule has 0 spiro atoms. The number of hydrogen-bond acceptors (Lipinski definition) is 4. The van der Waals surface area contributed by atoms with Crippen LogP contribution in [0.3, 0.4) is 0 Å². The Balaban J connectivity index is 2.13. The molecule has 0 fully saturated rings. The van der Waals surface area contributed by atoms with Gasteiger partial charge in [0, 0.05) is 10.7 Å². The molecule has 0 aliphatic heterocycles. The molecule has 0 unspecified atom stereocenters. The molecule has 0 saturated heterocycles. The van der Waals surface area contributed by atoms with Crippen LogP contribution in [0.5, 0.6) is 5.75 Å². The van der Waals surface area contributed by atoms with Gasteiger partial charge in [-0.1, -0.05) is 11.6 Å². The fraction of sp³-hybridized carbons (Fsp3) is 0.214. The van der Waals surface area contributed by atoms with Gasteiger partial charge in [0.2, 0.25) is 0 Å². The van der Waals surface area contributed by atoms with Crippen LogP contribution < -0.4 is 10.1 Å². The summed E-state index contributed by atoms with van der Waals surface area (Å²) < 4.78 is 10.7. The highest BCUT2D eigenvalue weighted by Crippen LogP contribution is 2.36. The summed E-state index contributed by atoms with van der Waals surface area (Å²) in [4.78, 5) is 14.4. The van der Waals surface area contributed by atoms with Crippen LogP contribution in [0.4, 0.5) is 5.69 Å². The van der Waals surface area contributed by atoms with Crippen molar-refractivity contribution in [1.29, 1.82) is 0 Å².